The SMILES string of the molecule is C[n+]1ccn(CCN2CCN(c3ccccc3N)CC2)c1. The number of nitrogens with zero attached hydrogens (tertiary/aromatic N) is 4. The highest BCUT2D eigenvalue weighted by Crippen LogP contribution is 2.23. The Morgan fingerprint density at radius 3 is 2.52 bits per heavy atom. The first-order valence-corrected chi connectivity index (χ1v) is 7.55. The van der Waals surface area contributed by atoms with Gasteiger partial charge in [-0.3, -0.25) is 4.90 Å². The van der Waals surface area contributed by atoms with Gasteiger partial charge in [-0.2, -0.15) is 0 Å². The van der Waals surface area contributed by atoms with Crippen molar-refractivity contribution in [3.05, 3.63) is 43.0 Å². The Balaban J connectivity index is 1.50. The number of imidazole rings is 1. The van der Waals surface area contributed by atoms with Crippen molar-refractivity contribution in [3.8, 4) is 0 Å². The van der Waals surface area contributed by atoms with Crippen molar-refractivity contribution in [3.63, 3.8) is 0 Å². The van der Waals surface area contributed by atoms with Gasteiger partial charge in [-0.25, -0.2) is 9.13 Å². The van der Waals surface area contributed by atoms with Crippen molar-refractivity contribution in [2.45, 2.75) is 6.54 Å². The number of hydrogen-bond acceptors (Lipinski definition) is 3. The molecule has 1 aromatic carbocycles. The largest absolute Gasteiger partial charge is 0.397 e. The molecule has 0 saturated carbocycles. The smallest absolute Gasteiger partial charge is 0.243 e. The van der Waals surface area contributed by atoms with E-state index in [-0.39, 0.29) is 0 Å². The van der Waals surface area contributed by atoms with E-state index in [0.29, 0.717) is 0 Å². The van der Waals surface area contributed by atoms with Crippen LogP contribution in [0, 0.1) is 0 Å². The minimum atomic E-state index is 0.880. The van der Waals surface area contributed by atoms with Crippen LogP contribution in [0.2, 0.25) is 0 Å². The fourth-order valence-corrected chi connectivity index (χ4v) is 2.88. The lowest BCUT2D eigenvalue weighted by Crippen LogP contribution is -2.47. The Hall–Kier alpha value is -2.01. The number of nitrogens with two attached hydrogens (primary N) is 1. The number of benzene rings is 1. The van der Waals surface area contributed by atoms with Gasteiger partial charge in [0.05, 0.1) is 18.4 Å². The van der Waals surface area contributed by atoms with E-state index in [1.165, 1.54) is 5.69 Å². The molecule has 1 saturated heterocycles. The number of para-hydroxylation sites is 2. The van der Waals surface area contributed by atoms with Crippen molar-refractivity contribution in [2.24, 2.45) is 7.05 Å². The van der Waals surface area contributed by atoms with Gasteiger partial charge in [-0.05, 0) is 12.1 Å². The van der Waals surface area contributed by atoms with Crippen LogP contribution in [0.4, 0.5) is 11.4 Å². The van der Waals surface area contributed by atoms with Gasteiger partial charge < -0.3 is 10.6 Å². The zero-order valence-corrected chi connectivity index (χ0v) is 12.7. The van der Waals surface area contributed by atoms with Crippen LogP contribution >= 0.6 is 0 Å². The fourth-order valence-electron chi connectivity index (χ4n) is 2.88. The second kappa shape index (κ2) is 6.18. The average molecular weight is 286 g/mol. The molecule has 0 spiro atoms. The summed E-state index contributed by atoms with van der Waals surface area (Å²) in [5.74, 6) is 0. The summed E-state index contributed by atoms with van der Waals surface area (Å²) < 4.78 is 4.32. The molecule has 1 aliphatic heterocycles. The van der Waals surface area contributed by atoms with E-state index in [0.717, 1.165) is 45.0 Å². The van der Waals surface area contributed by atoms with Crippen molar-refractivity contribution in [1.29, 1.82) is 0 Å². The zero-order valence-electron chi connectivity index (χ0n) is 12.7. The lowest BCUT2D eigenvalue weighted by Gasteiger charge is -2.36. The third kappa shape index (κ3) is 3.36. The van der Waals surface area contributed by atoms with Crippen LogP contribution < -0.4 is 15.2 Å². The van der Waals surface area contributed by atoms with Gasteiger partial charge in [-0.1, -0.05) is 12.1 Å². The first-order chi connectivity index (χ1) is 10.2. The van der Waals surface area contributed by atoms with Gasteiger partial charge >= 0.3 is 0 Å². The maximum absolute atomic E-state index is 6.06. The molecule has 5 heteroatoms. The molecule has 1 aliphatic rings. The van der Waals surface area contributed by atoms with Crippen molar-refractivity contribution < 1.29 is 4.57 Å². The molecule has 0 bridgehead atoms. The Kier molecular flexibility index (Phi) is 4.10. The highest BCUT2D eigenvalue weighted by Gasteiger charge is 2.18. The summed E-state index contributed by atoms with van der Waals surface area (Å²) in [6.45, 7) is 6.45. The summed E-state index contributed by atoms with van der Waals surface area (Å²) in [4.78, 5) is 4.91. The van der Waals surface area contributed by atoms with Crippen LogP contribution in [-0.2, 0) is 13.6 Å². The fraction of sp³-hybridized carbons (Fsp3) is 0.438. The monoisotopic (exact) mass is 286 g/mol. The average Bonchev–Trinajstić information content (AvgIpc) is 2.92. The Morgan fingerprint density at radius 1 is 1.10 bits per heavy atom. The van der Waals surface area contributed by atoms with Gasteiger partial charge in [0.25, 0.3) is 0 Å². The molecule has 2 N–H and O–H groups in total. The lowest BCUT2D eigenvalue weighted by molar-refractivity contribution is -0.671. The van der Waals surface area contributed by atoms with E-state index in [1.807, 2.05) is 12.1 Å². The van der Waals surface area contributed by atoms with Gasteiger partial charge in [0, 0.05) is 32.7 Å². The summed E-state index contributed by atoms with van der Waals surface area (Å²) in [6.07, 6.45) is 6.33. The summed E-state index contributed by atoms with van der Waals surface area (Å²) in [5, 5.41) is 0. The molecule has 0 unspecified atom stereocenters. The second-order valence-electron chi connectivity index (χ2n) is 5.70. The molecule has 3 rings (SSSR count). The van der Waals surface area contributed by atoms with Crippen molar-refractivity contribution in [2.75, 3.05) is 43.4 Å². The van der Waals surface area contributed by atoms with E-state index in [9.17, 15) is 0 Å². The van der Waals surface area contributed by atoms with Gasteiger partial charge in [0.2, 0.25) is 6.33 Å². The molecule has 0 aliphatic carbocycles. The molecule has 0 atom stereocenters. The summed E-state index contributed by atoms with van der Waals surface area (Å²) >= 11 is 0. The molecular weight excluding hydrogens is 262 g/mol. The normalized spacial score (nSPS) is 16.3. The highest BCUT2D eigenvalue weighted by molar-refractivity contribution is 5.67. The number of rotatable bonds is 4. The molecule has 1 aromatic heterocycles. The molecule has 2 aromatic rings. The molecule has 0 radical (unpaired) electrons. The summed E-state index contributed by atoms with van der Waals surface area (Å²) in [5.41, 5.74) is 8.12. The predicted molar refractivity (Wildman–Crippen MR) is 85.1 cm³/mol. The zero-order chi connectivity index (χ0) is 14.7. The third-order valence-corrected chi connectivity index (χ3v) is 4.15. The van der Waals surface area contributed by atoms with Crippen LogP contribution in [0.25, 0.3) is 0 Å². The standard InChI is InChI=1S/C16H24N5/c1-18-6-7-20(14-18)9-8-19-10-12-21(13-11-19)16-5-3-2-4-15(16)17/h2-7,14H,8-13,17H2,1H3/q+1. The number of aryl methyl sites for hydroxylation is 1. The molecule has 0 amide bonds. The number of piperazine rings is 1. The Labute approximate surface area is 126 Å². The third-order valence-electron chi connectivity index (χ3n) is 4.15. The lowest BCUT2D eigenvalue weighted by atomic mass is 10.2. The van der Waals surface area contributed by atoms with E-state index >= 15 is 0 Å². The minimum Gasteiger partial charge on any atom is -0.397 e. The maximum atomic E-state index is 6.06. The van der Waals surface area contributed by atoms with Gasteiger partial charge in [0.15, 0.2) is 0 Å². The molecule has 5 nitrogen and oxygen atoms in total. The number of hydrogen-bond donors (Lipinski definition) is 1. The Morgan fingerprint density at radius 2 is 1.86 bits per heavy atom. The van der Waals surface area contributed by atoms with Crippen LogP contribution in [-0.4, -0.2) is 42.2 Å². The number of anilines is 2. The van der Waals surface area contributed by atoms with E-state index in [2.05, 4.69) is 56.8 Å². The molecular formula is C16H24N5+. The molecule has 21 heavy (non-hydrogen) atoms. The maximum Gasteiger partial charge on any atom is 0.243 e. The predicted octanol–water partition coefficient (Wildman–Crippen LogP) is 0.717. The van der Waals surface area contributed by atoms with Crippen molar-refractivity contribution in [1.82, 2.24) is 9.47 Å². The summed E-state index contributed by atoms with van der Waals surface area (Å²) in [6, 6.07) is 8.15. The topological polar surface area (TPSA) is 41.3 Å². The first-order valence-electron chi connectivity index (χ1n) is 7.55. The number of nitrogen functional groups attached to an aromatic ring is 1. The second-order valence-corrected chi connectivity index (χ2v) is 5.70. The van der Waals surface area contributed by atoms with Crippen LogP contribution in [0.5, 0.6) is 0 Å². The van der Waals surface area contributed by atoms with E-state index < -0.39 is 0 Å². The van der Waals surface area contributed by atoms with Crippen LogP contribution in [0.3, 0.4) is 0 Å². The van der Waals surface area contributed by atoms with Gasteiger partial charge in [0.1, 0.15) is 18.9 Å². The molecule has 2 heterocycles. The van der Waals surface area contributed by atoms with Crippen LogP contribution in [0.1, 0.15) is 0 Å². The number of aromatic nitrogens is 2. The highest BCUT2D eigenvalue weighted by atomic mass is 15.3. The first kappa shape index (κ1) is 13.9. The summed E-state index contributed by atoms with van der Waals surface area (Å²) in [7, 11) is 2.06. The van der Waals surface area contributed by atoms with Gasteiger partial charge in [-0.15, -0.1) is 0 Å². The Bertz CT molecular complexity index is 584. The van der Waals surface area contributed by atoms with Crippen LogP contribution in [0.15, 0.2) is 43.0 Å². The van der Waals surface area contributed by atoms with Crippen molar-refractivity contribution >= 4 is 11.4 Å². The quantitative estimate of drug-likeness (QED) is 0.665. The van der Waals surface area contributed by atoms with E-state index in [1.54, 1.807) is 0 Å². The van der Waals surface area contributed by atoms with E-state index in [4.69, 9.17) is 5.73 Å². The minimum absolute atomic E-state index is 0.880. The molecule has 112 valence electrons. The molecule has 1 fully saturated rings.